The number of likely N-dealkylation sites (tertiary alicyclic amines) is 1. The fourth-order valence-corrected chi connectivity index (χ4v) is 3.84. The van der Waals surface area contributed by atoms with Crippen molar-refractivity contribution < 1.29 is 9.59 Å². The van der Waals surface area contributed by atoms with Gasteiger partial charge >= 0.3 is 0 Å². The first kappa shape index (κ1) is 18.6. The van der Waals surface area contributed by atoms with Crippen molar-refractivity contribution in [3.05, 3.63) is 63.6 Å². The number of nitrogens with zero attached hydrogens (tertiary/aromatic N) is 1. The lowest BCUT2D eigenvalue weighted by Gasteiger charge is -2.32. The number of carbonyl (C=O) groups excluding carboxylic acids is 2. The van der Waals surface area contributed by atoms with E-state index in [9.17, 15) is 9.59 Å². The van der Waals surface area contributed by atoms with E-state index in [2.05, 4.69) is 27.3 Å². The summed E-state index contributed by atoms with van der Waals surface area (Å²) in [6.07, 6.45) is 1.64. The molecule has 1 fully saturated rings. The number of para-hydroxylation sites is 1. The van der Waals surface area contributed by atoms with Crippen molar-refractivity contribution >= 4 is 33.4 Å². The van der Waals surface area contributed by atoms with E-state index < -0.39 is 0 Å². The zero-order valence-electron chi connectivity index (χ0n) is 15.1. The average Bonchev–Trinajstić information content (AvgIpc) is 2.62. The first-order valence-electron chi connectivity index (χ1n) is 8.87. The molecule has 1 saturated heterocycles. The molecule has 0 spiro atoms. The number of carbonyl (C=O) groups is 2. The number of hydrogen-bond donors (Lipinski definition) is 1. The molecule has 1 aliphatic heterocycles. The van der Waals surface area contributed by atoms with Crippen molar-refractivity contribution in [3.63, 3.8) is 0 Å². The summed E-state index contributed by atoms with van der Waals surface area (Å²) < 4.78 is 0.854. The third-order valence-corrected chi connectivity index (χ3v) is 5.37. The van der Waals surface area contributed by atoms with E-state index in [4.69, 9.17) is 0 Å². The van der Waals surface area contributed by atoms with Crippen LogP contribution in [0.1, 0.15) is 34.3 Å². The summed E-state index contributed by atoms with van der Waals surface area (Å²) in [6.45, 7) is 5.15. The number of hydrogen-bond acceptors (Lipinski definition) is 2. The largest absolute Gasteiger partial charge is 0.338 e. The third kappa shape index (κ3) is 4.33. The summed E-state index contributed by atoms with van der Waals surface area (Å²) in [7, 11) is 0. The topological polar surface area (TPSA) is 49.4 Å². The fourth-order valence-electron chi connectivity index (χ4n) is 3.45. The molecule has 4 nitrogen and oxygen atoms in total. The van der Waals surface area contributed by atoms with Gasteiger partial charge in [0.25, 0.3) is 5.91 Å². The average molecular weight is 415 g/mol. The Morgan fingerprint density at radius 3 is 2.50 bits per heavy atom. The predicted octanol–water partition coefficient (Wildman–Crippen LogP) is 4.56. The minimum absolute atomic E-state index is 0.00944. The van der Waals surface area contributed by atoms with Crippen LogP contribution in [0.5, 0.6) is 0 Å². The smallest absolute Gasteiger partial charge is 0.253 e. The quantitative estimate of drug-likeness (QED) is 0.799. The first-order chi connectivity index (χ1) is 12.4. The van der Waals surface area contributed by atoms with Gasteiger partial charge in [-0.3, -0.25) is 9.59 Å². The first-order valence-corrected chi connectivity index (χ1v) is 9.66. The summed E-state index contributed by atoms with van der Waals surface area (Å²) in [5, 5.41) is 2.97. The number of benzene rings is 2. The molecule has 2 aromatic rings. The van der Waals surface area contributed by atoms with Gasteiger partial charge < -0.3 is 10.2 Å². The Kier molecular flexibility index (Phi) is 5.77. The molecule has 0 aromatic heterocycles. The Bertz CT molecular complexity index is 814. The number of anilines is 1. The Morgan fingerprint density at radius 2 is 1.81 bits per heavy atom. The van der Waals surface area contributed by atoms with Gasteiger partial charge in [-0.05, 0) is 66.9 Å². The molecule has 0 unspecified atom stereocenters. The summed E-state index contributed by atoms with van der Waals surface area (Å²) in [5.41, 5.74) is 3.62. The summed E-state index contributed by atoms with van der Waals surface area (Å²) >= 11 is 3.45. The summed E-state index contributed by atoms with van der Waals surface area (Å²) in [5.74, 6) is -0.212. The highest BCUT2D eigenvalue weighted by molar-refractivity contribution is 9.10. The molecule has 1 heterocycles. The number of amides is 2. The van der Waals surface area contributed by atoms with E-state index in [0.29, 0.717) is 18.7 Å². The van der Waals surface area contributed by atoms with Crippen LogP contribution in [0.2, 0.25) is 0 Å². The molecule has 1 N–H and O–H groups in total. The Labute approximate surface area is 162 Å². The number of rotatable bonds is 3. The van der Waals surface area contributed by atoms with E-state index in [1.807, 2.05) is 55.1 Å². The van der Waals surface area contributed by atoms with Gasteiger partial charge in [0.05, 0.1) is 11.6 Å². The lowest BCUT2D eigenvalue weighted by atomic mass is 9.96. The van der Waals surface area contributed by atoms with Crippen molar-refractivity contribution in [2.45, 2.75) is 26.7 Å². The van der Waals surface area contributed by atoms with E-state index in [1.54, 1.807) is 0 Å². The lowest BCUT2D eigenvalue weighted by Crippen LogP contribution is -2.43. The molecular formula is C21H23BrN2O2. The molecule has 1 aliphatic rings. The van der Waals surface area contributed by atoms with Crippen molar-refractivity contribution in [3.8, 4) is 0 Å². The molecule has 0 radical (unpaired) electrons. The molecule has 5 heteroatoms. The van der Waals surface area contributed by atoms with E-state index in [-0.39, 0.29) is 17.7 Å². The maximum Gasteiger partial charge on any atom is 0.253 e. The highest BCUT2D eigenvalue weighted by atomic mass is 79.9. The van der Waals surface area contributed by atoms with Crippen LogP contribution >= 0.6 is 15.9 Å². The third-order valence-electron chi connectivity index (χ3n) is 4.68. The van der Waals surface area contributed by atoms with Crippen molar-refractivity contribution in [2.24, 2.45) is 5.92 Å². The molecule has 26 heavy (non-hydrogen) atoms. The van der Waals surface area contributed by atoms with Crippen LogP contribution in [0, 0.1) is 19.8 Å². The second-order valence-corrected chi connectivity index (χ2v) is 7.79. The normalized spacial score (nSPS) is 17.0. The molecule has 0 aliphatic carbocycles. The van der Waals surface area contributed by atoms with Crippen LogP contribution in [-0.4, -0.2) is 29.8 Å². The fraction of sp³-hybridized carbons (Fsp3) is 0.333. The Morgan fingerprint density at radius 1 is 1.12 bits per heavy atom. The van der Waals surface area contributed by atoms with Crippen LogP contribution < -0.4 is 5.32 Å². The summed E-state index contributed by atoms with van der Waals surface area (Å²) in [6, 6.07) is 13.4. The number of nitrogens with one attached hydrogen (secondary N) is 1. The zero-order valence-corrected chi connectivity index (χ0v) is 16.7. The minimum Gasteiger partial charge on any atom is -0.338 e. The van der Waals surface area contributed by atoms with Gasteiger partial charge in [0.2, 0.25) is 5.91 Å². The van der Waals surface area contributed by atoms with Gasteiger partial charge in [0, 0.05) is 23.1 Å². The van der Waals surface area contributed by atoms with Crippen molar-refractivity contribution in [1.29, 1.82) is 0 Å². The molecule has 0 bridgehead atoms. The molecule has 3 rings (SSSR count). The van der Waals surface area contributed by atoms with Gasteiger partial charge in [-0.15, -0.1) is 0 Å². The standard InChI is InChI=1S/C21H23BrN2O2/c1-14-10-15(2)12-17(11-14)21(26)24-9-5-6-16(13-24)20(25)23-19-8-4-3-7-18(19)22/h3-4,7-8,10-12,16H,5-6,9,13H2,1-2H3,(H,23,25)/t16-/m0/s1. The van der Waals surface area contributed by atoms with Crippen LogP contribution in [0.25, 0.3) is 0 Å². The second kappa shape index (κ2) is 8.04. The van der Waals surface area contributed by atoms with Crippen LogP contribution in [0.15, 0.2) is 46.9 Å². The summed E-state index contributed by atoms with van der Waals surface area (Å²) in [4.78, 5) is 27.3. The molecule has 1 atom stereocenters. The van der Waals surface area contributed by atoms with Gasteiger partial charge in [0.1, 0.15) is 0 Å². The van der Waals surface area contributed by atoms with Gasteiger partial charge in [-0.25, -0.2) is 0 Å². The van der Waals surface area contributed by atoms with E-state index >= 15 is 0 Å². The second-order valence-electron chi connectivity index (χ2n) is 6.94. The van der Waals surface area contributed by atoms with Crippen molar-refractivity contribution in [2.75, 3.05) is 18.4 Å². The molecular weight excluding hydrogens is 392 g/mol. The minimum atomic E-state index is -0.189. The maximum absolute atomic E-state index is 12.9. The van der Waals surface area contributed by atoms with Gasteiger partial charge in [0.15, 0.2) is 0 Å². The highest BCUT2D eigenvalue weighted by Gasteiger charge is 2.29. The van der Waals surface area contributed by atoms with E-state index in [1.165, 1.54) is 0 Å². The molecule has 2 aromatic carbocycles. The lowest BCUT2D eigenvalue weighted by molar-refractivity contribution is -0.121. The Balaban J connectivity index is 1.69. The van der Waals surface area contributed by atoms with Crippen molar-refractivity contribution in [1.82, 2.24) is 4.90 Å². The number of aryl methyl sites for hydroxylation is 2. The van der Waals surface area contributed by atoms with Crippen LogP contribution in [0.3, 0.4) is 0 Å². The van der Waals surface area contributed by atoms with Gasteiger partial charge in [-0.2, -0.15) is 0 Å². The van der Waals surface area contributed by atoms with Gasteiger partial charge in [-0.1, -0.05) is 29.3 Å². The maximum atomic E-state index is 12.9. The number of halogens is 1. The highest BCUT2D eigenvalue weighted by Crippen LogP contribution is 2.25. The molecule has 0 saturated carbocycles. The number of piperidine rings is 1. The molecule has 136 valence electrons. The van der Waals surface area contributed by atoms with E-state index in [0.717, 1.165) is 34.1 Å². The Hall–Kier alpha value is -2.14. The predicted molar refractivity (Wildman–Crippen MR) is 107 cm³/mol. The SMILES string of the molecule is Cc1cc(C)cc(C(=O)N2CCC[C@H](C(=O)Nc3ccccc3Br)C2)c1. The molecule has 2 amide bonds. The monoisotopic (exact) mass is 414 g/mol. The van der Waals surface area contributed by atoms with Crippen LogP contribution in [-0.2, 0) is 4.79 Å². The van der Waals surface area contributed by atoms with Crippen LogP contribution in [0.4, 0.5) is 5.69 Å². The zero-order chi connectivity index (χ0) is 18.7.